The van der Waals surface area contributed by atoms with Crippen LogP contribution in [0.3, 0.4) is 0 Å². The summed E-state index contributed by atoms with van der Waals surface area (Å²) in [4.78, 5) is 32.6. The van der Waals surface area contributed by atoms with E-state index in [2.05, 4.69) is 16.8 Å². The molecule has 138 valence electrons. The summed E-state index contributed by atoms with van der Waals surface area (Å²) in [7, 11) is 0. The Hall–Kier alpha value is -1.30. The lowest BCUT2D eigenvalue weighted by atomic mass is 9.93. The lowest BCUT2D eigenvalue weighted by molar-refractivity contribution is -0.138. The molecule has 1 aromatic rings. The maximum Gasteiger partial charge on any atom is 0.257 e. The molecule has 25 heavy (non-hydrogen) atoms. The monoisotopic (exact) mass is 363 g/mol. The highest BCUT2D eigenvalue weighted by molar-refractivity contribution is 7.99. The van der Waals surface area contributed by atoms with Crippen LogP contribution in [0.1, 0.15) is 57.2 Å². The zero-order chi connectivity index (χ0) is 18.0. The Bertz CT molecular complexity index is 695. The molecule has 1 aliphatic heterocycles. The summed E-state index contributed by atoms with van der Waals surface area (Å²) in [6.07, 6.45) is 6.66. The predicted octanol–water partition coefficient (Wildman–Crippen LogP) is 3.02. The van der Waals surface area contributed by atoms with Crippen LogP contribution in [0.2, 0.25) is 0 Å². The molecule has 3 rings (SSSR count). The number of thioether (sulfide) groups is 1. The number of amides is 1. The van der Waals surface area contributed by atoms with Crippen LogP contribution in [0.4, 0.5) is 0 Å². The van der Waals surface area contributed by atoms with Crippen molar-refractivity contribution in [1.82, 2.24) is 14.5 Å². The van der Waals surface area contributed by atoms with Gasteiger partial charge < -0.3 is 4.90 Å². The van der Waals surface area contributed by atoms with Crippen molar-refractivity contribution >= 4 is 17.7 Å². The van der Waals surface area contributed by atoms with Gasteiger partial charge in [-0.1, -0.05) is 37.9 Å². The van der Waals surface area contributed by atoms with Crippen molar-refractivity contribution in [3.05, 3.63) is 21.6 Å². The molecule has 0 spiro atoms. The Morgan fingerprint density at radius 2 is 2.00 bits per heavy atom. The highest BCUT2D eigenvalue weighted by Gasteiger charge is 2.33. The predicted molar refractivity (Wildman–Crippen MR) is 101 cm³/mol. The minimum absolute atomic E-state index is 0.0377. The van der Waals surface area contributed by atoms with Crippen molar-refractivity contribution in [2.24, 2.45) is 5.92 Å². The van der Waals surface area contributed by atoms with Crippen molar-refractivity contribution in [3.8, 4) is 0 Å². The van der Waals surface area contributed by atoms with Crippen LogP contribution in [0.25, 0.3) is 0 Å². The fourth-order valence-corrected chi connectivity index (χ4v) is 5.29. The van der Waals surface area contributed by atoms with Crippen LogP contribution in [0.15, 0.2) is 9.95 Å². The molecule has 0 saturated heterocycles. The maximum absolute atomic E-state index is 13.1. The van der Waals surface area contributed by atoms with Crippen molar-refractivity contribution in [2.75, 3.05) is 12.3 Å². The molecule has 2 heterocycles. The Kier molecular flexibility index (Phi) is 5.87. The number of hydrogen-bond acceptors (Lipinski definition) is 4. The summed E-state index contributed by atoms with van der Waals surface area (Å²) < 4.78 is 1.73. The van der Waals surface area contributed by atoms with Gasteiger partial charge in [-0.25, -0.2) is 4.98 Å². The maximum atomic E-state index is 13.1. The van der Waals surface area contributed by atoms with Crippen LogP contribution in [0, 0.1) is 12.8 Å². The van der Waals surface area contributed by atoms with Gasteiger partial charge in [0.2, 0.25) is 5.91 Å². The standard InChI is InChI=1S/C19H29N3O2S/c1-4-16-13(3)20-19-22(18(16)24)11-14(12-25-19)17(23)21(5-2)15-9-7-6-8-10-15/h14-15H,4-12H2,1-3H3. The topological polar surface area (TPSA) is 55.2 Å². The van der Waals surface area contributed by atoms with Gasteiger partial charge in [-0.3, -0.25) is 14.2 Å². The summed E-state index contributed by atoms with van der Waals surface area (Å²) in [6.45, 7) is 7.20. The Labute approximate surface area is 154 Å². The number of fused-ring (bicyclic) bond motifs is 1. The summed E-state index contributed by atoms with van der Waals surface area (Å²) in [5, 5.41) is 0.768. The molecule has 1 unspecified atom stereocenters. The summed E-state index contributed by atoms with van der Waals surface area (Å²) in [5.74, 6) is 0.823. The van der Waals surface area contributed by atoms with Gasteiger partial charge in [0, 0.05) is 36.1 Å². The summed E-state index contributed by atoms with van der Waals surface area (Å²) in [6, 6.07) is 0.386. The molecule has 0 N–H and O–H groups in total. The Morgan fingerprint density at radius 1 is 1.28 bits per heavy atom. The number of carbonyl (C=O) groups is 1. The van der Waals surface area contributed by atoms with Gasteiger partial charge >= 0.3 is 0 Å². The SMILES string of the molecule is CCc1c(C)nc2n(c1=O)CC(C(=O)N(CC)C1CCCCC1)CS2. The zero-order valence-corrected chi connectivity index (χ0v) is 16.4. The van der Waals surface area contributed by atoms with Crippen LogP contribution in [0.5, 0.6) is 0 Å². The van der Waals surface area contributed by atoms with E-state index < -0.39 is 0 Å². The van der Waals surface area contributed by atoms with Crippen LogP contribution in [-0.2, 0) is 17.8 Å². The third kappa shape index (κ3) is 3.64. The smallest absolute Gasteiger partial charge is 0.257 e. The number of rotatable bonds is 4. The second-order valence-corrected chi connectivity index (χ2v) is 8.14. The first-order valence-corrected chi connectivity index (χ1v) is 10.6. The molecule has 1 atom stereocenters. The van der Waals surface area contributed by atoms with E-state index in [1.807, 2.05) is 13.8 Å². The second kappa shape index (κ2) is 7.94. The Balaban J connectivity index is 1.81. The fourth-order valence-electron chi connectivity index (χ4n) is 4.17. The molecule has 6 heteroatoms. The van der Waals surface area contributed by atoms with Gasteiger partial charge in [-0.2, -0.15) is 0 Å². The molecular weight excluding hydrogens is 334 g/mol. The molecule has 1 aromatic heterocycles. The van der Waals surface area contributed by atoms with E-state index >= 15 is 0 Å². The van der Waals surface area contributed by atoms with E-state index in [1.165, 1.54) is 19.3 Å². The minimum Gasteiger partial charge on any atom is -0.340 e. The van der Waals surface area contributed by atoms with Gasteiger partial charge in [0.1, 0.15) is 0 Å². The zero-order valence-electron chi connectivity index (χ0n) is 15.6. The van der Waals surface area contributed by atoms with E-state index in [0.717, 1.165) is 41.6 Å². The van der Waals surface area contributed by atoms with Gasteiger partial charge in [-0.15, -0.1) is 0 Å². The first-order valence-electron chi connectivity index (χ1n) is 9.60. The molecule has 1 fully saturated rings. The number of aromatic nitrogens is 2. The normalized spacial score (nSPS) is 21.0. The molecule has 5 nitrogen and oxygen atoms in total. The van der Waals surface area contributed by atoms with Gasteiger partial charge in [0.05, 0.1) is 5.92 Å². The van der Waals surface area contributed by atoms with E-state index in [1.54, 1.807) is 16.3 Å². The first kappa shape index (κ1) is 18.5. The first-order chi connectivity index (χ1) is 12.1. The average Bonchev–Trinajstić information content (AvgIpc) is 2.63. The van der Waals surface area contributed by atoms with E-state index in [0.29, 0.717) is 19.0 Å². The third-order valence-electron chi connectivity index (χ3n) is 5.59. The largest absolute Gasteiger partial charge is 0.340 e. The minimum atomic E-state index is -0.119. The van der Waals surface area contributed by atoms with Crippen LogP contribution >= 0.6 is 11.8 Å². The second-order valence-electron chi connectivity index (χ2n) is 7.15. The van der Waals surface area contributed by atoms with E-state index in [4.69, 9.17) is 0 Å². The highest BCUT2D eigenvalue weighted by atomic mass is 32.2. The molecule has 1 amide bonds. The van der Waals surface area contributed by atoms with Gasteiger partial charge in [0.15, 0.2) is 5.16 Å². The van der Waals surface area contributed by atoms with Crippen LogP contribution < -0.4 is 5.56 Å². The molecule has 0 aromatic carbocycles. The van der Waals surface area contributed by atoms with Gasteiger partial charge in [-0.05, 0) is 33.1 Å². The average molecular weight is 364 g/mol. The Morgan fingerprint density at radius 3 is 2.64 bits per heavy atom. The third-order valence-corrected chi connectivity index (χ3v) is 6.73. The van der Waals surface area contributed by atoms with Crippen molar-refractivity contribution in [3.63, 3.8) is 0 Å². The number of hydrogen-bond donors (Lipinski definition) is 0. The molecule has 1 saturated carbocycles. The van der Waals surface area contributed by atoms with Crippen molar-refractivity contribution in [1.29, 1.82) is 0 Å². The van der Waals surface area contributed by atoms with E-state index in [-0.39, 0.29) is 17.4 Å². The van der Waals surface area contributed by atoms with Crippen molar-refractivity contribution in [2.45, 2.75) is 77.0 Å². The van der Waals surface area contributed by atoms with Gasteiger partial charge in [0.25, 0.3) is 5.56 Å². The fraction of sp³-hybridized carbons (Fsp3) is 0.737. The lowest BCUT2D eigenvalue weighted by Crippen LogP contribution is -2.47. The van der Waals surface area contributed by atoms with E-state index in [9.17, 15) is 9.59 Å². The lowest BCUT2D eigenvalue weighted by Gasteiger charge is -2.37. The summed E-state index contributed by atoms with van der Waals surface area (Å²) in [5.41, 5.74) is 1.64. The number of carbonyl (C=O) groups excluding carboxylic acids is 1. The molecule has 0 radical (unpaired) electrons. The molecular formula is C19H29N3O2S. The molecule has 0 bridgehead atoms. The van der Waals surface area contributed by atoms with Crippen LogP contribution in [-0.4, -0.2) is 38.7 Å². The number of aryl methyl sites for hydroxylation is 1. The molecule has 1 aliphatic carbocycles. The molecule has 2 aliphatic rings. The quantitative estimate of drug-likeness (QED) is 0.772. The summed E-state index contributed by atoms with van der Waals surface area (Å²) >= 11 is 1.55. The van der Waals surface area contributed by atoms with Crippen molar-refractivity contribution < 1.29 is 4.79 Å². The number of nitrogens with zero attached hydrogens (tertiary/aromatic N) is 3. The highest BCUT2D eigenvalue weighted by Crippen LogP contribution is 2.29.